The molecular weight excluding hydrogens is 518 g/mol. The van der Waals surface area contributed by atoms with E-state index < -0.39 is 6.10 Å². The van der Waals surface area contributed by atoms with Crippen molar-refractivity contribution in [2.45, 2.75) is 58.1 Å². The van der Waals surface area contributed by atoms with Crippen LogP contribution in [0.1, 0.15) is 60.1 Å². The van der Waals surface area contributed by atoms with E-state index in [2.05, 4.69) is 29.2 Å². The Hall–Kier alpha value is -4.17. The number of rotatable bonds is 8. The number of aldehydes is 1. The first-order valence-corrected chi connectivity index (χ1v) is 14.5. The third-order valence-electron chi connectivity index (χ3n) is 8.74. The van der Waals surface area contributed by atoms with Crippen LogP contribution in [-0.2, 0) is 30.6 Å². The van der Waals surface area contributed by atoms with Gasteiger partial charge in [0.15, 0.2) is 11.5 Å². The zero-order valence-electron chi connectivity index (χ0n) is 23.2. The summed E-state index contributed by atoms with van der Waals surface area (Å²) in [6.07, 6.45) is 4.58. The van der Waals surface area contributed by atoms with Crippen molar-refractivity contribution >= 4 is 22.9 Å². The van der Waals surface area contributed by atoms with E-state index in [1.807, 2.05) is 18.2 Å². The standard InChI is InChI=1S/C33H33N3O5/c1-20(38)24-15-29-32-26(18-36(29)33(39)23(24)8-6-14-37)22(25-16-30-31(41-19-40-30)17-27(25)34-32)11-10-21-7-2-3-9-28(21)35-12-4-5-13-35/h2-3,7,9,14-17,20,38H,4-6,8,10-13,18-19H2,1H3. The van der Waals surface area contributed by atoms with Crippen molar-refractivity contribution in [1.82, 2.24) is 9.55 Å². The molecule has 0 saturated carbocycles. The average molecular weight is 552 g/mol. The molecule has 0 spiro atoms. The summed E-state index contributed by atoms with van der Waals surface area (Å²) in [5.74, 6) is 1.37. The minimum Gasteiger partial charge on any atom is -0.454 e. The van der Waals surface area contributed by atoms with Gasteiger partial charge in [-0.15, -0.1) is 0 Å². The second kappa shape index (κ2) is 10.3. The fourth-order valence-electron chi connectivity index (χ4n) is 6.72. The van der Waals surface area contributed by atoms with Gasteiger partial charge in [0.1, 0.15) is 6.29 Å². The molecule has 4 aromatic rings. The van der Waals surface area contributed by atoms with Gasteiger partial charge in [-0.1, -0.05) is 18.2 Å². The number of benzene rings is 2. The van der Waals surface area contributed by atoms with E-state index in [1.54, 1.807) is 11.5 Å². The van der Waals surface area contributed by atoms with Crippen LogP contribution < -0.4 is 19.9 Å². The fourth-order valence-corrected chi connectivity index (χ4v) is 6.72. The third kappa shape index (κ3) is 4.37. The van der Waals surface area contributed by atoms with E-state index in [9.17, 15) is 14.7 Å². The Morgan fingerprint density at radius 2 is 1.80 bits per heavy atom. The molecule has 0 amide bonds. The van der Waals surface area contributed by atoms with Crippen LogP contribution in [0.3, 0.4) is 0 Å². The summed E-state index contributed by atoms with van der Waals surface area (Å²) in [5.41, 5.74) is 7.94. The van der Waals surface area contributed by atoms with Gasteiger partial charge in [0.25, 0.3) is 5.56 Å². The van der Waals surface area contributed by atoms with E-state index in [1.165, 1.54) is 24.1 Å². The molecule has 41 heavy (non-hydrogen) atoms. The van der Waals surface area contributed by atoms with Crippen LogP contribution in [-0.4, -0.2) is 40.8 Å². The van der Waals surface area contributed by atoms with Gasteiger partial charge in [-0.05, 0) is 73.9 Å². The number of para-hydroxylation sites is 1. The molecule has 1 fully saturated rings. The molecule has 1 unspecified atom stereocenters. The number of carbonyl (C=O) groups excluding carboxylic acids is 1. The summed E-state index contributed by atoms with van der Waals surface area (Å²) in [6, 6.07) is 14.5. The highest BCUT2D eigenvalue weighted by Gasteiger charge is 2.30. The second-order valence-electron chi connectivity index (χ2n) is 11.2. The molecular formula is C33H33N3O5. The molecule has 1 N–H and O–H groups in total. The van der Waals surface area contributed by atoms with Crippen LogP contribution in [0.4, 0.5) is 5.69 Å². The zero-order valence-corrected chi connectivity index (χ0v) is 23.2. The summed E-state index contributed by atoms with van der Waals surface area (Å²) >= 11 is 0. The van der Waals surface area contributed by atoms with Crippen LogP contribution >= 0.6 is 0 Å². The van der Waals surface area contributed by atoms with Crippen molar-refractivity contribution in [2.24, 2.45) is 0 Å². The Labute approximate surface area is 238 Å². The molecule has 1 saturated heterocycles. The second-order valence-corrected chi connectivity index (χ2v) is 11.2. The van der Waals surface area contributed by atoms with Crippen LogP contribution in [0.2, 0.25) is 0 Å². The minimum absolute atomic E-state index is 0.165. The van der Waals surface area contributed by atoms with Crippen LogP contribution in [0.5, 0.6) is 11.5 Å². The van der Waals surface area contributed by atoms with E-state index in [4.69, 9.17) is 14.5 Å². The maximum absolute atomic E-state index is 13.8. The normalized spacial score (nSPS) is 15.8. The summed E-state index contributed by atoms with van der Waals surface area (Å²) in [4.78, 5) is 32.4. The van der Waals surface area contributed by atoms with Crippen LogP contribution in [0, 0.1) is 0 Å². The maximum atomic E-state index is 13.8. The largest absolute Gasteiger partial charge is 0.454 e. The first-order valence-electron chi connectivity index (χ1n) is 14.5. The summed E-state index contributed by atoms with van der Waals surface area (Å²) in [6.45, 7) is 4.42. The molecule has 7 rings (SSSR count). The monoisotopic (exact) mass is 551 g/mol. The lowest BCUT2D eigenvalue weighted by Crippen LogP contribution is -2.25. The molecule has 3 aliphatic heterocycles. The van der Waals surface area contributed by atoms with Gasteiger partial charge in [-0.3, -0.25) is 4.79 Å². The van der Waals surface area contributed by atoms with Crippen molar-refractivity contribution < 1.29 is 19.4 Å². The van der Waals surface area contributed by atoms with Gasteiger partial charge >= 0.3 is 0 Å². The fraction of sp³-hybridized carbons (Fsp3) is 0.364. The van der Waals surface area contributed by atoms with Crippen molar-refractivity contribution in [3.05, 3.63) is 80.6 Å². The molecule has 2 aromatic heterocycles. The molecule has 0 radical (unpaired) electrons. The first kappa shape index (κ1) is 25.8. The quantitative estimate of drug-likeness (QED) is 0.279. The van der Waals surface area contributed by atoms with Crippen LogP contribution in [0.25, 0.3) is 22.3 Å². The number of aliphatic hydroxyl groups is 1. The number of ether oxygens (including phenoxy) is 2. The molecule has 210 valence electrons. The lowest BCUT2D eigenvalue weighted by Gasteiger charge is -2.22. The van der Waals surface area contributed by atoms with Gasteiger partial charge in [0, 0.05) is 47.8 Å². The Bertz CT molecular complexity index is 1740. The van der Waals surface area contributed by atoms with Crippen molar-refractivity contribution in [2.75, 3.05) is 24.8 Å². The Balaban J connectivity index is 1.37. The molecule has 5 heterocycles. The number of hydrogen-bond acceptors (Lipinski definition) is 7. The van der Waals surface area contributed by atoms with Crippen molar-refractivity contribution in [3.8, 4) is 22.9 Å². The summed E-state index contributed by atoms with van der Waals surface area (Å²) in [5, 5.41) is 11.6. The maximum Gasteiger partial charge on any atom is 0.254 e. The topological polar surface area (TPSA) is 93.9 Å². The highest BCUT2D eigenvalue weighted by atomic mass is 16.7. The predicted octanol–water partition coefficient (Wildman–Crippen LogP) is 4.72. The van der Waals surface area contributed by atoms with Crippen LogP contribution in [0.15, 0.2) is 47.3 Å². The number of aliphatic hydroxyl groups excluding tert-OH is 1. The number of carbonyl (C=O) groups is 1. The van der Waals surface area contributed by atoms with Gasteiger partial charge in [0.05, 0.1) is 29.6 Å². The number of aryl methyl sites for hydroxylation is 2. The van der Waals surface area contributed by atoms with Gasteiger partial charge < -0.3 is 28.8 Å². The third-order valence-corrected chi connectivity index (χ3v) is 8.74. The van der Waals surface area contributed by atoms with Gasteiger partial charge in [-0.25, -0.2) is 4.98 Å². The van der Waals surface area contributed by atoms with E-state index >= 15 is 0 Å². The lowest BCUT2D eigenvalue weighted by molar-refractivity contribution is -0.107. The number of fused-ring (bicyclic) bond motifs is 5. The van der Waals surface area contributed by atoms with E-state index in [0.717, 1.165) is 59.9 Å². The number of anilines is 1. The molecule has 0 aliphatic carbocycles. The summed E-state index contributed by atoms with van der Waals surface area (Å²) in [7, 11) is 0. The molecule has 8 nitrogen and oxygen atoms in total. The number of pyridine rings is 2. The van der Waals surface area contributed by atoms with E-state index in [0.29, 0.717) is 41.3 Å². The Morgan fingerprint density at radius 3 is 2.59 bits per heavy atom. The Kier molecular flexibility index (Phi) is 6.50. The molecule has 1 atom stereocenters. The first-order chi connectivity index (χ1) is 20.0. The average Bonchev–Trinajstić information content (AvgIpc) is 3.74. The number of aromatic nitrogens is 2. The highest BCUT2D eigenvalue weighted by Crippen LogP contribution is 2.42. The smallest absolute Gasteiger partial charge is 0.254 e. The Morgan fingerprint density at radius 1 is 1.02 bits per heavy atom. The van der Waals surface area contributed by atoms with E-state index in [-0.39, 0.29) is 18.8 Å². The zero-order chi connectivity index (χ0) is 28.1. The molecule has 0 bridgehead atoms. The number of hydrogen-bond donors (Lipinski definition) is 1. The van der Waals surface area contributed by atoms with Gasteiger partial charge in [0.2, 0.25) is 6.79 Å². The molecule has 8 heteroatoms. The predicted molar refractivity (Wildman–Crippen MR) is 157 cm³/mol. The van der Waals surface area contributed by atoms with Crippen molar-refractivity contribution in [1.29, 1.82) is 0 Å². The lowest BCUT2D eigenvalue weighted by atomic mass is 9.94. The number of nitrogens with zero attached hydrogens (tertiary/aromatic N) is 3. The van der Waals surface area contributed by atoms with Gasteiger partial charge in [-0.2, -0.15) is 0 Å². The minimum atomic E-state index is -0.838. The van der Waals surface area contributed by atoms with Crippen molar-refractivity contribution in [3.63, 3.8) is 0 Å². The highest BCUT2D eigenvalue weighted by molar-refractivity contribution is 5.91. The summed E-state index contributed by atoms with van der Waals surface area (Å²) < 4.78 is 13.2. The molecule has 3 aliphatic rings. The molecule has 2 aromatic carbocycles. The SMILES string of the molecule is CC(O)c1cc2n(c(=O)c1CCC=O)Cc1c-2nc2cc3c(cc2c1CCc1ccccc1N1CCCC1)OCO3.